The Bertz CT molecular complexity index is 934. The molecule has 0 spiro atoms. The second-order valence-electron chi connectivity index (χ2n) is 8.41. The van der Waals surface area contributed by atoms with E-state index in [4.69, 9.17) is 10.2 Å². The summed E-state index contributed by atoms with van der Waals surface area (Å²) < 4.78 is 5.58. The zero-order valence-corrected chi connectivity index (χ0v) is 19.7. The van der Waals surface area contributed by atoms with Gasteiger partial charge in [-0.3, -0.25) is 14.4 Å². The molecule has 0 saturated carbocycles. The maximum atomic E-state index is 13.2. The van der Waals surface area contributed by atoms with Crippen molar-refractivity contribution in [3.05, 3.63) is 53.7 Å². The number of aromatic nitrogens is 1. The van der Waals surface area contributed by atoms with Crippen LogP contribution in [-0.2, 0) is 16.0 Å². The highest BCUT2D eigenvalue weighted by molar-refractivity contribution is 5.92. The molecule has 2 heterocycles. The van der Waals surface area contributed by atoms with Crippen molar-refractivity contribution in [2.45, 2.75) is 57.7 Å². The summed E-state index contributed by atoms with van der Waals surface area (Å²) in [5, 5.41) is 8.52. The SMILES string of the molecule is CC(C)[C@@H]1NC(=O)[C@@H](N)CCCCNC(=O)c2coc(n2)[C@@H](Cc2ccccc2)NC1=O.Cl. The number of amides is 3. The summed E-state index contributed by atoms with van der Waals surface area (Å²) in [7, 11) is 0. The molecule has 1 aromatic heterocycles. The molecule has 3 atom stereocenters. The molecule has 1 aromatic carbocycles. The Labute approximate surface area is 199 Å². The molecule has 1 aliphatic heterocycles. The molecule has 180 valence electrons. The first kappa shape index (κ1) is 26.3. The monoisotopic (exact) mass is 477 g/mol. The van der Waals surface area contributed by atoms with E-state index in [1.54, 1.807) is 0 Å². The summed E-state index contributed by atoms with van der Waals surface area (Å²) in [4.78, 5) is 42.5. The smallest absolute Gasteiger partial charge is 0.273 e. The van der Waals surface area contributed by atoms with Gasteiger partial charge in [0.25, 0.3) is 5.91 Å². The standard InChI is InChI=1S/C23H31N5O4.ClH/c1-14(2)19-22(31)26-17(12-15-8-4-3-5-9-15)23-27-18(13-32-23)21(30)25-11-7-6-10-16(24)20(29)28-19;/h3-5,8-9,13-14,16-17,19H,6-7,10-12,24H2,1-2H3,(H,25,30)(H,26,31)(H,28,29);1H/t16-,17+,19-;/m0./s1. The van der Waals surface area contributed by atoms with Crippen LogP contribution in [0, 0.1) is 5.92 Å². The summed E-state index contributed by atoms with van der Waals surface area (Å²) >= 11 is 0. The molecular weight excluding hydrogens is 446 g/mol. The minimum absolute atomic E-state index is 0. The van der Waals surface area contributed by atoms with Crippen LogP contribution in [-0.4, -0.2) is 41.3 Å². The van der Waals surface area contributed by atoms with Gasteiger partial charge in [0.1, 0.15) is 18.3 Å². The molecule has 0 fully saturated rings. The van der Waals surface area contributed by atoms with Gasteiger partial charge in [-0.15, -0.1) is 12.4 Å². The highest BCUT2D eigenvalue weighted by Crippen LogP contribution is 2.19. The van der Waals surface area contributed by atoms with E-state index in [2.05, 4.69) is 20.9 Å². The van der Waals surface area contributed by atoms with Crippen molar-refractivity contribution in [3.63, 3.8) is 0 Å². The van der Waals surface area contributed by atoms with E-state index < -0.39 is 18.1 Å². The molecule has 0 saturated heterocycles. The van der Waals surface area contributed by atoms with Gasteiger partial charge >= 0.3 is 0 Å². The van der Waals surface area contributed by atoms with Crippen LogP contribution in [0.5, 0.6) is 0 Å². The lowest BCUT2D eigenvalue weighted by molar-refractivity contribution is -0.131. The minimum Gasteiger partial charge on any atom is -0.446 e. The number of nitrogens with one attached hydrogen (secondary N) is 3. The molecule has 33 heavy (non-hydrogen) atoms. The maximum absolute atomic E-state index is 13.2. The van der Waals surface area contributed by atoms with Gasteiger partial charge in [-0.05, 0) is 30.7 Å². The molecule has 2 bridgehead atoms. The van der Waals surface area contributed by atoms with Crippen molar-refractivity contribution >= 4 is 30.1 Å². The Morgan fingerprint density at radius 1 is 1.09 bits per heavy atom. The average molecular weight is 478 g/mol. The van der Waals surface area contributed by atoms with Gasteiger partial charge in [0, 0.05) is 13.0 Å². The Balaban J connectivity index is 0.00000385. The maximum Gasteiger partial charge on any atom is 0.273 e. The molecule has 0 aliphatic carbocycles. The number of hydrogen-bond donors (Lipinski definition) is 4. The third kappa shape index (κ3) is 7.30. The van der Waals surface area contributed by atoms with Gasteiger partial charge in [-0.2, -0.15) is 0 Å². The van der Waals surface area contributed by atoms with Crippen LogP contribution >= 0.6 is 12.4 Å². The van der Waals surface area contributed by atoms with Gasteiger partial charge in [0.15, 0.2) is 5.69 Å². The molecule has 1 aliphatic rings. The lowest BCUT2D eigenvalue weighted by Gasteiger charge is -2.26. The number of carbonyl (C=O) groups excluding carboxylic acids is 3. The predicted octanol–water partition coefficient (Wildman–Crippen LogP) is 1.88. The number of nitrogens with two attached hydrogens (primary N) is 1. The number of rotatable bonds is 3. The second-order valence-corrected chi connectivity index (χ2v) is 8.41. The van der Waals surface area contributed by atoms with Crippen LogP contribution < -0.4 is 21.7 Å². The van der Waals surface area contributed by atoms with Gasteiger partial charge in [0.2, 0.25) is 17.7 Å². The van der Waals surface area contributed by atoms with Crippen LogP contribution in [0.4, 0.5) is 0 Å². The summed E-state index contributed by atoms with van der Waals surface area (Å²) in [5.74, 6) is -1.01. The fourth-order valence-electron chi connectivity index (χ4n) is 3.57. The molecule has 0 unspecified atom stereocenters. The lowest BCUT2D eigenvalue weighted by atomic mass is 10.0. The minimum atomic E-state index is -0.766. The highest BCUT2D eigenvalue weighted by Gasteiger charge is 2.30. The highest BCUT2D eigenvalue weighted by atomic mass is 35.5. The van der Waals surface area contributed by atoms with E-state index in [0.717, 1.165) is 5.56 Å². The van der Waals surface area contributed by atoms with E-state index in [1.165, 1.54) is 6.26 Å². The van der Waals surface area contributed by atoms with Crippen molar-refractivity contribution in [1.29, 1.82) is 0 Å². The van der Waals surface area contributed by atoms with Crippen LogP contribution in [0.1, 0.15) is 61.1 Å². The van der Waals surface area contributed by atoms with Crippen molar-refractivity contribution < 1.29 is 18.8 Å². The summed E-state index contributed by atoms with van der Waals surface area (Å²) in [6.45, 7) is 4.15. The zero-order valence-electron chi connectivity index (χ0n) is 18.9. The number of nitrogens with zero attached hydrogens (tertiary/aromatic N) is 1. The summed E-state index contributed by atoms with van der Waals surface area (Å²) in [6, 6.07) is 7.47. The number of carbonyl (C=O) groups is 3. The van der Waals surface area contributed by atoms with Crippen LogP contribution in [0.25, 0.3) is 0 Å². The lowest BCUT2D eigenvalue weighted by Crippen LogP contribution is -2.54. The zero-order chi connectivity index (χ0) is 23.1. The molecule has 9 nitrogen and oxygen atoms in total. The van der Waals surface area contributed by atoms with Crippen LogP contribution in [0.3, 0.4) is 0 Å². The van der Waals surface area contributed by atoms with Crippen molar-refractivity contribution in [2.75, 3.05) is 6.54 Å². The molecule has 3 rings (SSSR count). The van der Waals surface area contributed by atoms with Gasteiger partial charge in [-0.1, -0.05) is 44.2 Å². The molecular formula is C23H32ClN5O4. The first-order valence-electron chi connectivity index (χ1n) is 11.0. The normalized spacial score (nSPS) is 22.7. The number of benzene rings is 1. The quantitative estimate of drug-likeness (QED) is 0.532. The first-order chi connectivity index (χ1) is 15.3. The van der Waals surface area contributed by atoms with Gasteiger partial charge in [0.05, 0.1) is 6.04 Å². The number of halogens is 1. The third-order valence-corrected chi connectivity index (χ3v) is 5.46. The largest absolute Gasteiger partial charge is 0.446 e. The Morgan fingerprint density at radius 2 is 1.82 bits per heavy atom. The fourth-order valence-corrected chi connectivity index (χ4v) is 3.57. The van der Waals surface area contributed by atoms with E-state index >= 15 is 0 Å². The van der Waals surface area contributed by atoms with Gasteiger partial charge in [-0.25, -0.2) is 4.98 Å². The number of fused-ring (bicyclic) bond motifs is 2. The molecule has 3 amide bonds. The predicted molar refractivity (Wildman–Crippen MR) is 126 cm³/mol. The van der Waals surface area contributed by atoms with Crippen molar-refractivity contribution in [2.24, 2.45) is 11.7 Å². The molecule has 0 radical (unpaired) electrons. The Hall–Kier alpha value is -2.91. The van der Waals surface area contributed by atoms with Crippen molar-refractivity contribution in [1.82, 2.24) is 20.9 Å². The Morgan fingerprint density at radius 3 is 2.52 bits per heavy atom. The summed E-state index contributed by atoms with van der Waals surface area (Å²) in [5.41, 5.74) is 7.14. The fraction of sp³-hybridized carbons (Fsp3) is 0.478. The van der Waals surface area contributed by atoms with Gasteiger partial charge < -0.3 is 26.1 Å². The topological polar surface area (TPSA) is 139 Å². The average Bonchev–Trinajstić information content (AvgIpc) is 3.26. The van der Waals surface area contributed by atoms with E-state index in [-0.39, 0.29) is 47.6 Å². The van der Waals surface area contributed by atoms with E-state index in [0.29, 0.717) is 32.2 Å². The van der Waals surface area contributed by atoms with Crippen LogP contribution in [0.2, 0.25) is 0 Å². The number of oxazole rings is 1. The molecule has 5 N–H and O–H groups in total. The first-order valence-corrected chi connectivity index (χ1v) is 11.0. The third-order valence-electron chi connectivity index (χ3n) is 5.46. The Kier molecular flexibility index (Phi) is 9.87. The number of hydrogen-bond acceptors (Lipinski definition) is 6. The second kappa shape index (κ2) is 12.4. The van der Waals surface area contributed by atoms with E-state index in [9.17, 15) is 14.4 Å². The van der Waals surface area contributed by atoms with E-state index in [1.807, 2.05) is 44.2 Å². The van der Waals surface area contributed by atoms with Crippen LogP contribution in [0.15, 0.2) is 41.0 Å². The summed E-state index contributed by atoms with van der Waals surface area (Å²) in [6.07, 6.45) is 3.49. The van der Waals surface area contributed by atoms with Crippen molar-refractivity contribution in [3.8, 4) is 0 Å². The molecule has 10 heteroatoms. The molecule has 2 aromatic rings.